The fraction of sp³-hybridized carbons (Fsp3) is 0.385. The van der Waals surface area contributed by atoms with Crippen LogP contribution >= 0.6 is 22.9 Å². The Hall–Kier alpha value is -0.320. The maximum Gasteiger partial charge on any atom is 0.0558 e. The number of aliphatic hydroxyl groups excluding tert-OH is 1. The third kappa shape index (κ3) is 3.59. The molecule has 1 heterocycles. The molecule has 1 N–H and O–H groups in total. The molecular weight excluding hydrogens is 289 g/mol. The van der Waals surface area contributed by atoms with Gasteiger partial charge in [0.05, 0.1) is 6.61 Å². The van der Waals surface area contributed by atoms with Gasteiger partial charge in [0.2, 0.25) is 0 Å². The monoisotopic (exact) mass is 304 g/mol. The molecule has 0 saturated carbocycles. The molecule has 2 nitrogen and oxygen atoms in total. The normalized spacial score (nSPS) is 10.9. The molecule has 0 fully saturated rings. The number of benzene rings is 1. The molecule has 100 valence electrons. The van der Waals surface area contributed by atoms with Gasteiger partial charge in [0.1, 0.15) is 0 Å². The number of aliphatic hydroxyl groups is 1. The molecular formula is C13H16Cl2NOS-. The summed E-state index contributed by atoms with van der Waals surface area (Å²) in [6.45, 7) is 4.85. The first-order valence-corrected chi connectivity index (χ1v) is 6.99. The maximum absolute atomic E-state index is 8.99. The van der Waals surface area contributed by atoms with Crippen LogP contribution in [-0.2, 0) is 6.54 Å². The van der Waals surface area contributed by atoms with Crippen LogP contribution in [0.5, 0.6) is 0 Å². The highest BCUT2D eigenvalue weighted by atomic mass is 35.5. The van der Waals surface area contributed by atoms with E-state index >= 15 is 0 Å². The molecule has 0 bridgehead atoms. The van der Waals surface area contributed by atoms with Crippen molar-refractivity contribution in [1.82, 2.24) is 4.90 Å². The van der Waals surface area contributed by atoms with Crippen LogP contribution in [0.2, 0.25) is 5.02 Å². The lowest BCUT2D eigenvalue weighted by Gasteiger charge is -2.18. The summed E-state index contributed by atoms with van der Waals surface area (Å²) in [5, 5.41) is 13.2. The van der Waals surface area contributed by atoms with Gasteiger partial charge in [-0.05, 0) is 41.1 Å². The third-order valence-corrected chi connectivity index (χ3v) is 4.12. The van der Waals surface area contributed by atoms with Crippen molar-refractivity contribution in [1.29, 1.82) is 0 Å². The topological polar surface area (TPSA) is 23.5 Å². The molecule has 1 aromatic carbocycles. The number of rotatable bonds is 5. The van der Waals surface area contributed by atoms with E-state index in [9.17, 15) is 0 Å². The number of thiophene rings is 1. The van der Waals surface area contributed by atoms with Crippen LogP contribution in [0.3, 0.4) is 0 Å². The lowest BCUT2D eigenvalue weighted by atomic mass is 10.1. The highest BCUT2D eigenvalue weighted by Crippen LogP contribution is 2.29. The van der Waals surface area contributed by atoms with Gasteiger partial charge in [-0.1, -0.05) is 18.5 Å². The number of halogens is 2. The fourth-order valence-electron chi connectivity index (χ4n) is 1.91. The van der Waals surface area contributed by atoms with E-state index in [1.54, 1.807) is 11.3 Å². The van der Waals surface area contributed by atoms with E-state index in [-0.39, 0.29) is 19.0 Å². The summed E-state index contributed by atoms with van der Waals surface area (Å²) in [4.78, 5) is 2.22. The molecule has 0 aliphatic rings. The molecule has 0 unspecified atom stereocenters. The zero-order chi connectivity index (χ0) is 12.3. The Labute approximate surface area is 123 Å². The van der Waals surface area contributed by atoms with Crippen molar-refractivity contribution in [2.24, 2.45) is 0 Å². The number of hydrogen-bond acceptors (Lipinski definition) is 3. The minimum Gasteiger partial charge on any atom is -1.00 e. The molecule has 0 amide bonds. The molecule has 0 spiro atoms. The van der Waals surface area contributed by atoms with E-state index in [0.717, 1.165) is 18.1 Å². The summed E-state index contributed by atoms with van der Waals surface area (Å²) in [7, 11) is 0. The maximum atomic E-state index is 8.99. The number of hydrogen-bond donors (Lipinski definition) is 1. The smallest absolute Gasteiger partial charge is 0.0558 e. The van der Waals surface area contributed by atoms with Crippen molar-refractivity contribution in [3.05, 3.63) is 34.2 Å². The van der Waals surface area contributed by atoms with Gasteiger partial charge >= 0.3 is 0 Å². The van der Waals surface area contributed by atoms with Crippen molar-refractivity contribution in [3.8, 4) is 0 Å². The second-order valence-electron chi connectivity index (χ2n) is 3.99. The lowest BCUT2D eigenvalue weighted by molar-refractivity contribution is -0.00000449. The number of nitrogens with zero attached hydrogens (tertiary/aromatic N) is 1. The lowest BCUT2D eigenvalue weighted by Crippen LogP contribution is -3.00. The minimum absolute atomic E-state index is 0. The van der Waals surface area contributed by atoms with Crippen molar-refractivity contribution in [3.63, 3.8) is 0 Å². The van der Waals surface area contributed by atoms with Gasteiger partial charge in [0.15, 0.2) is 0 Å². The van der Waals surface area contributed by atoms with E-state index < -0.39 is 0 Å². The van der Waals surface area contributed by atoms with Crippen LogP contribution in [0.25, 0.3) is 10.1 Å². The quantitative estimate of drug-likeness (QED) is 0.863. The molecule has 1 aromatic heterocycles. The first-order valence-electron chi connectivity index (χ1n) is 5.73. The minimum atomic E-state index is 0. The predicted octanol–water partition coefficient (Wildman–Crippen LogP) is 0.373. The highest BCUT2D eigenvalue weighted by molar-refractivity contribution is 7.17. The largest absolute Gasteiger partial charge is 1.00 e. The van der Waals surface area contributed by atoms with Crippen LogP contribution in [0.1, 0.15) is 12.5 Å². The Balaban J connectivity index is 0.00000162. The average molecular weight is 305 g/mol. The Morgan fingerprint density at radius 2 is 2.17 bits per heavy atom. The second-order valence-corrected chi connectivity index (χ2v) is 5.34. The van der Waals surface area contributed by atoms with Gasteiger partial charge in [-0.2, -0.15) is 0 Å². The number of likely N-dealkylation sites (N-methyl/N-ethyl adjacent to an activating group) is 1. The van der Waals surface area contributed by atoms with E-state index in [2.05, 4.69) is 23.3 Å². The van der Waals surface area contributed by atoms with E-state index in [1.807, 2.05) is 12.1 Å². The average Bonchev–Trinajstić information content (AvgIpc) is 2.71. The Morgan fingerprint density at radius 3 is 2.83 bits per heavy atom. The predicted molar refractivity (Wildman–Crippen MR) is 74.9 cm³/mol. The molecule has 2 rings (SSSR count). The molecule has 18 heavy (non-hydrogen) atoms. The summed E-state index contributed by atoms with van der Waals surface area (Å²) >= 11 is 7.78. The fourth-order valence-corrected chi connectivity index (χ4v) is 3.01. The Morgan fingerprint density at radius 1 is 1.39 bits per heavy atom. The first kappa shape index (κ1) is 15.7. The van der Waals surface area contributed by atoms with Crippen LogP contribution in [0.15, 0.2) is 23.6 Å². The zero-order valence-electron chi connectivity index (χ0n) is 10.2. The van der Waals surface area contributed by atoms with E-state index in [4.69, 9.17) is 16.7 Å². The zero-order valence-corrected chi connectivity index (χ0v) is 12.5. The van der Waals surface area contributed by atoms with Gasteiger partial charge in [0, 0.05) is 22.8 Å². The Kier molecular flexibility index (Phi) is 6.39. The molecule has 5 heteroatoms. The van der Waals surface area contributed by atoms with Crippen LogP contribution in [0, 0.1) is 0 Å². The van der Waals surface area contributed by atoms with Gasteiger partial charge in [-0.3, -0.25) is 4.90 Å². The molecule has 2 aromatic rings. The standard InChI is InChI=1S/C13H16ClNOS.ClH/c1-2-15(5-6-16)8-10-9-17-13-4-3-11(14)7-12(10)13;/h3-4,7,9,16H,2,5-6,8H2,1H3;1H/p-1. The molecule has 0 aliphatic heterocycles. The molecule has 0 atom stereocenters. The van der Waals surface area contributed by atoms with Gasteiger partial charge in [-0.15, -0.1) is 11.3 Å². The van der Waals surface area contributed by atoms with Crippen LogP contribution in [0.4, 0.5) is 0 Å². The summed E-state index contributed by atoms with van der Waals surface area (Å²) in [6.07, 6.45) is 0. The molecule has 0 saturated heterocycles. The molecule has 0 radical (unpaired) electrons. The number of fused-ring (bicyclic) bond motifs is 1. The second kappa shape index (κ2) is 7.31. The molecule has 0 aliphatic carbocycles. The SMILES string of the molecule is CCN(CCO)Cc1csc2ccc(Cl)cc12.[Cl-]. The van der Waals surface area contributed by atoms with E-state index in [0.29, 0.717) is 6.54 Å². The van der Waals surface area contributed by atoms with Crippen molar-refractivity contribution in [2.45, 2.75) is 13.5 Å². The third-order valence-electron chi connectivity index (χ3n) is 2.87. The summed E-state index contributed by atoms with van der Waals surface area (Å²) in [5.41, 5.74) is 1.29. The first-order chi connectivity index (χ1) is 8.24. The highest BCUT2D eigenvalue weighted by Gasteiger charge is 2.08. The Bertz CT molecular complexity index is 501. The van der Waals surface area contributed by atoms with Gasteiger partial charge < -0.3 is 17.5 Å². The summed E-state index contributed by atoms with van der Waals surface area (Å²) < 4.78 is 1.27. The summed E-state index contributed by atoms with van der Waals surface area (Å²) in [6, 6.07) is 6.01. The van der Waals surface area contributed by atoms with Crippen molar-refractivity contribution in [2.75, 3.05) is 19.7 Å². The van der Waals surface area contributed by atoms with E-state index in [1.165, 1.54) is 15.6 Å². The van der Waals surface area contributed by atoms with Crippen molar-refractivity contribution >= 4 is 33.0 Å². The van der Waals surface area contributed by atoms with Crippen LogP contribution in [-0.4, -0.2) is 29.7 Å². The van der Waals surface area contributed by atoms with Crippen LogP contribution < -0.4 is 12.4 Å². The summed E-state index contributed by atoms with van der Waals surface area (Å²) in [5.74, 6) is 0. The van der Waals surface area contributed by atoms with Gasteiger partial charge in [-0.25, -0.2) is 0 Å². The van der Waals surface area contributed by atoms with Crippen molar-refractivity contribution < 1.29 is 17.5 Å². The van der Waals surface area contributed by atoms with Gasteiger partial charge in [0.25, 0.3) is 0 Å².